The molecule has 0 aromatic heterocycles. The van der Waals surface area contributed by atoms with Crippen molar-refractivity contribution in [2.75, 3.05) is 13.2 Å². The highest BCUT2D eigenvalue weighted by molar-refractivity contribution is 5.88. The maximum atomic E-state index is 11.5. The molecule has 6 heteroatoms. The van der Waals surface area contributed by atoms with E-state index in [1.54, 1.807) is 0 Å². The van der Waals surface area contributed by atoms with Crippen LogP contribution >= 0.6 is 0 Å². The van der Waals surface area contributed by atoms with Crippen molar-refractivity contribution >= 4 is 17.9 Å². The molecular weight excluding hydrogens is 276 g/mol. The van der Waals surface area contributed by atoms with Crippen LogP contribution in [0.1, 0.15) is 20.8 Å². The predicted octanol–water partition coefficient (Wildman–Crippen LogP) is 1.71. The molecule has 0 aliphatic carbocycles. The minimum atomic E-state index is -0.930. The number of carbonyl (C=O) groups is 3. The van der Waals surface area contributed by atoms with Gasteiger partial charge in [0.1, 0.15) is 13.2 Å². The van der Waals surface area contributed by atoms with Gasteiger partial charge in [0, 0.05) is 16.7 Å². The number of hydrogen-bond acceptors (Lipinski definition) is 6. The first-order valence-electron chi connectivity index (χ1n) is 6.16. The summed E-state index contributed by atoms with van der Waals surface area (Å²) >= 11 is 0. The molecule has 0 aromatic carbocycles. The van der Waals surface area contributed by atoms with E-state index < -0.39 is 24.0 Å². The summed E-state index contributed by atoms with van der Waals surface area (Å²) in [6.07, 6.45) is -0.930. The lowest BCUT2D eigenvalue weighted by atomic mass is 10.3. The van der Waals surface area contributed by atoms with Gasteiger partial charge in [-0.2, -0.15) is 0 Å². The zero-order valence-electron chi connectivity index (χ0n) is 12.6. The molecule has 0 amide bonds. The van der Waals surface area contributed by atoms with E-state index in [2.05, 4.69) is 19.7 Å². The number of ether oxygens (including phenoxy) is 3. The highest BCUT2D eigenvalue weighted by Gasteiger charge is 2.20. The molecule has 0 aliphatic rings. The number of esters is 3. The molecular formula is C15H20O6. The molecule has 0 saturated heterocycles. The van der Waals surface area contributed by atoms with Gasteiger partial charge in [-0.25, -0.2) is 14.4 Å². The largest absolute Gasteiger partial charge is 0.458 e. The van der Waals surface area contributed by atoms with Crippen LogP contribution in [-0.4, -0.2) is 37.2 Å². The monoisotopic (exact) mass is 296 g/mol. The summed E-state index contributed by atoms with van der Waals surface area (Å²) in [7, 11) is 0. The molecule has 6 nitrogen and oxygen atoms in total. The van der Waals surface area contributed by atoms with E-state index in [4.69, 9.17) is 14.2 Å². The van der Waals surface area contributed by atoms with Gasteiger partial charge in [0.05, 0.1) is 0 Å². The summed E-state index contributed by atoms with van der Waals surface area (Å²) in [4.78, 5) is 34.1. The molecule has 0 aliphatic heterocycles. The smallest absolute Gasteiger partial charge is 0.333 e. The van der Waals surface area contributed by atoms with Gasteiger partial charge in [-0.05, 0) is 20.8 Å². The topological polar surface area (TPSA) is 78.9 Å². The molecule has 116 valence electrons. The summed E-state index contributed by atoms with van der Waals surface area (Å²) in [6, 6.07) is 0. The van der Waals surface area contributed by atoms with Crippen LogP contribution < -0.4 is 0 Å². The van der Waals surface area contributed by atoms with Gasteiger partial charge in [-0.1, -0.05) is 19.7 Å². The SMILES string of the molecule is C=C(C)C(=O)OCC(COC(=O)C(=C)C)OC(=O)C(=C)C. The van der Waals surface area contributed by atoms with Gasteiger partial charge < -0.3 is 14.2 Å². The van der Waals surface area contributed by atoms with Crippen LogP contribution in [0.25, 0.3) is 0 Å². The van der Waals surface area contributed by atoms with Gasteiger partial charge in [-0.15, -0.1) is 0 Å². The second-order valence-corrected chi connectivity index (χ2v) is 4.57. The van der Waals surface area contributed by atoms with E-state index in [0.29, 0.717) is 0 Å². The Morgan fingerprint density at radius 1 is 0.762 bits per heavy atom. The molecule has 0 radical (unpaired) electrons. The molecule has 0 atom stereocenters. The Morgan fingerprint density at radius 2 is 1.10 bits per heavy atom. The molecule has 0 saturated carbocycles. The first kappa shape index (κ1) is 18.6. The second-order valence-electron chi connectivity index (χ2n) is 4.57. The molecule has 0 aromatic rings. The molecule has 0 fully saturated rings. The molecule has 0 heterocycles. The summed E-state index contributed by atoms with van der Waals surface area (Å²) in [5, 5.41) is 0. The average Bonchev–Trinajstić information content (AvgIpc) is 2.40. The van der Waals surface area contributed by atoms with Crippen LogP contribution in [0.5, 0.6) is 0 Å². The lowest BCUT2D eigenvalue weighted by molar-refractivity contribution is -0.161. The molecule has 0 rings (SSSR count). The van der Waals surface area contributed by atoms with Crippen molar-refractivity contribution in [1.29, 1.82) is 0 Å². The fourth-order valence-corrected chi connectivity index (χ4v) is 0.952. The maximum Gasteiger partial charge on any atom is 0.333 e. The van der Waals surface area contributed by atoms with Crippen molar-refractivity contribution in [2.24, 2.45) is 0 Å². The Hall–Kier alpha value is -2.37. The third kappa shape index (κ3) is 7.71. The predicted molar refractivity (Wildman–Crippen MR) is 76.2 cm³/mol. The van der Waals surface area contributed by atoms with Crippen LogP contribution in [0, 0.1) is 0 Å². The number of carbonyl (C=O) groups excluding carboxylic acids is 3. The third-order valence-corrected chi connectivity index (χ3v) is 2.12. The van der Waals surface area contributed by atoms with Crippen molar-refractivity contribution < 1.29 is 28.6 Å². The molecule has 0 spiro atoms. The first-order chi connectivity index (χ1) is 9.65. The van der Waals surface area contributed by atoms with E-state index in [0.717, 1.165) is 0 Å². The molecule has 0 N–H and O–H groups in total. The second kappa shape index (κ2) is 8.73. The Bertz CT molecular complexity index is 445. The lowest BCUT2D eigenvalue weighted by Gasteiger charge is -2.18. The van der Waals surface area contributed by atoms with Crippen LogP contribution in [0.2, 0.25) is 0 Å². The van der Waals surface area contributed by atoms with Gasteiger partial charge in [-0.3, -0.25) is 0 Å². The summed E-state index contributed by atoms with van der Waals surface area (Å²) in [6.45, 7) is 14.2. The van der Waals surface area contributed by atoms with Gasteiger partial charge >= 0.3 is 17.9 Å². The van der Waals surface area contributed by atoms with Crippen molar-refractivity contribution in [3.63, 3.8) is 0 Å². The first-order valence-corrected chi connectivity index (χ1v) is 6.16. The van der Waals surface area contributed by atoms with Gasteiger partial charge in [0.25, 0.3) is 0 Å². The van der Waals surface area contributed by atoms with Crippen molar-refractivity contribution in [3.8, 4) is 0 Å². The fraction of sp³-hybridized carbons (Fsp3) is 0.400. The summed E-state index contributed by atoms with van der Waals surface area (Å²) in [5.41, 5.74) is 0.593. The van der Waals surface area contributed by atoms with E-state index >= 15 is 0 Å². The Labute approximate surface area is 124 Å². The highest BCUT2D eigenvalue weighted by atomic mass is 16.6. The lowest BCUT2D eigenvalue weighted by Crippen LogP contribution is -2.31. The Kier molecular flexibility index (Phi) is 7.75. The van der Waals surface area contributed by atoms with E-state index in [1.165, 1.54) is 20.8 Å². The zero-order chi connectivity index (χ0) is 16.6. The van der Waals surface area contributed by atoms with Crippen LogP contribution in [0.3, 0.4) is 0 Å². The van der Waals surface area contributed by atoms with Crippen LogP contribution in [-0.2, 0) is 28.6 Å². The van der Waals surface area contributed by atoms with Crippen LogP contribution in [0.15, 0.2) is 36.5 Å². The number of hydrogen-bond donors (Lipinski definition) is 0. The minimum absolute atomic E-state index is 0.178. The standard InChI is InChI=1S/C15H20O6/c1-9(2)13(16)19-7-12(21-15(18)11(5)6)8-20-14(17)10(3)4/h12H,1,3,5,7-8H2,2,4,6H3. The van der Waals surface area contributed by atoms with Gasteiger partial charge in [0.2, 0.25) is 0 Å². The van der Waals surface area contributed by atoms with Crippen molar-refractivity contribution in [3.05, 3.63) is 36.5 Å². The quantitative estimate of drug-likeness (QED) is 0.385. The van der Waals surface area contributed by atoms with E-state index in [1.807, 2.05) is 0 Å². The minimum Gasteiger partial charge on any atom is -0.458 e. The van der Waals surface area contributed by atoms with Crippen LogP contribution in [0.4, 0.5) is 0 Å². The van der Waals surface area contributed by atoms with Crippen molar-refractivity contribution in [1.82, 2.24) is 0 Å². The van der Waals surface area contributed by atoms with E-state index in [9.17, 15) is 14.4 Å². The van der Waals surface area contributed by atoms with Gasteiger partial charge in [0.15, 0.2) is 6.10 Å². The normalized spacial score (nSPS) is 9.71. The molecule has 21 heavy (non-hydrogen) atoms. The maximum absolute atomic E-state index is 11.5. The fourth-order valence-electron chi connectivity index (χ4n) is 0.952. The third-order valence-electron chi connectivity index (χ3n) is 2.12. The molecule has 0 unspecified atom stereocenters. The number of rotatable bonds is 8. The average molecular weight is 296 g/mol. The zero-order valence-corrected chi connectivity index (χ0v) is 12.6. The Balaban J connectivity index is 4.61. The van der Waals surface area contributed by atoms with E-state index in [-0.39, 0.29) is 29.9 Å². The Morgan fingerprint density at radius 3 is 1.38 bits per heavy atom. The summed E-state index contributed by atoms with van der Waals surface area (Å²) < 4.78 is 14.8. The highest BCUT2D eigenvalue weighted by Crippen LogP contribution is 2.04. The van der Waals surface area contributed by atoms with Crippen molar-refractivity contribution in [2.45, 2.75) is 26.9 Å². The molecule has 0 bridgehead atoms. The summed E-state index contributed by atoms with van der Waals surface area (Å²) in [5.74, 6) is -1.92.